The Labute approximate surface area is 80.1 Å². The predicted octanol–water partition coefficient (Wildman–Crippen LogP) is 1.99. The average Bonchev–Trinajstić information content (AvgIpc) is 2.17. The van der Waals surface area contributed by atoms with Gasteiger partial charge in [0.15, 0.2) is 0 Å². The molecule has 0 radical (unpaired) electrons. The molecule has 0 aliphatic rings. The number of nitrogens with one attached hydrogen (secondary N) is 1. The van der Waals surface area contributed by atoms with Gasteiger partial charge in [-0.25, -0.2) is 0 Å². The molecule has 2 heteroatoms. The van der Waals surface area contributed by atoms with Crippen molar-refractivity contribution < 1.29 is 0 Å². The first-order valence-electron chi connectivity index (χ1n) is 4.68. The smallest absolute Gasteiger partial charge is 0.0807 e. The van der Waals surface area contributed by atoms with Crippen LogP contribution in [0.4, 0.5) is 0 Å². The number of nitrogens with two attached hydrogens (primary N) is 1. The van der Waals surface area contributed by atoms with Crippen molar-refractivity contribution in [2.75, 3.05) is 7.05 Å². The van der Waals surface area contributed by atoms with Gasteiger partial charge >= 0.3 is 0 Å². The molecule has 0 amide bonds. The topological polar surface area (TPSA) is 38.0 Å². The zero-order chi connectivity index (χ0) is 9.84. The van der Waals surface area contributed by atoms with Crippen LogP contribution in [0.2, 0.25) is 0 Å². The van der Waals surface area contributed by atoms with Crippen LogP contribution in [0.1, 0.15) is 37.1 Å². The Balaban J connectivity index is 2.81. The summed E-state index contributed by atoms with van der Waals surface area (Å²) < 4.78 is 0. The fourth-order valence-electron chi connectivity index (χ4n) is 1.25. The van der Waals surface area contributed by atoms with Gasteiger partial charge in [0, 0.05) is 0 Å². The van der Waals surface area contributed by atoms with Gasteiger partial charge in [0.1, 0.15) is 0 Å². The molecule has 1 rings (SSSR count). The monoisotopic (exact) mass is 178 g/mol. The van der Waals surface area contributed by atoms with Crippen LogP contribution < -0.4 is 11.1 Å². The summed E-state index contributed by atoms with van der Waals surface area (Å²) in [7, 11) is 1.86. The third-order valence-corrected chi connectivity index (χ3v) is 2.27. The minimum absolute atomic E-state index is 0.0544. The fourth-order valence-corrected chi connectivity index (χ4v) is 1.25. The second-order valence-electron chi connectivity index (χ2n) is 3.59. The van der Waals surface area contributed by atoms with E-state index in [1.165, 1.54) is 5.56 Å². The number of rotatable bonds is 3. The van der Waals surface area contributed by atoms with Crippen molar-refractivity contribution >= 4 is 0 Å². The van der Waals surface area contributed by atoms with Gasteiger partial charge < -0.3 is 11.1 Å². The summed E-state index contributed by atoms with van der Waals surface area (Å²) in [4.78, 5) is 0. The highest BCUT2D eigenvalue weighted by Gasteiger charge is 2.03. The third kappa shape index (κ3) is 2.54. The molecule has 0 aromatic heterocycles. The van der Waals surface area contributed by atoms with Gasteiger partial charge in [-0.3, -0.25) is 0 Å². The molecule has 3 N–H and O–H groups in total. The first-order valence-corrected chi connectivity index (χ1v) is 4.68. The average molecular weight is 178 g/mol. The highest BCUT2D eigenvalue weighted by atomic mass is 15.0. The predicted molar refractivity (Wildman–Crippen MR) is 56.5 cm³/mol. The lowest BCUT2D eigenvalue weighted by molar-refractivity contribution is 0.622. The van der Waals surface area contributed by atoms with E-state index in [0.717, 1.165) is 5.56 Å². The molecular weight excluding hydrogens is 160 g/mol. The summed E-state index contributed by atoms with van der Waals surface area (Å²) in [6.45, 7) is 4.38. The van der Waals surface area contributed by atoms with Crippen molar-refractivity contribution in [1.29, 1.82) is 0 Å². The maximum absolute atomic E-state index is 5.81. The molecule has 0 heterocycles. The van der Waals surface area contributed by atoms with Crippen LogP contribution in [-0.2, 0) is 0 Å². The van der Waals surface area contributed by atoms with E-state index in [9.17, 15) is 0 Å². The molecule has 1 unspecified atom stereocenters. The Kier molecular flexibility index (Phi) is 3.46. The van der Waals surface area contributed by atoms with Crippen molar-refractivity contribution in [3.63, 3.8) is 0 Å². The molecular formula is C11H18N2. The summed E-state index contributed by atoms with van der Waals surface area (Å²) >= 11 is 0. The van der Waals surface area contributed by atoms with E-state index in [1.807, 2.05) is 7.05 Å². The van der Waals surface area contributed by atoms with E-state index in [-0.39, 0.29) is 6.17 Å². The number of hydrogen-bond donors (Lipinski definition) is 2. The standard InChI is InChI=1S/C11H18N2/c1-8(2)9-4-6-10(7-5-9)11(12)13-3/h4-8,11,13H,12H2,1-3H3. The first-order chi connectivity index (χ1) is 6.15. The summed E-state index contributed by atoms with van der Waals surface area (Å²) in [6, 6.07) is 8.43. The second kappa shape index (κ2) is 4.40. The molecule has 0 aliphatic carbocycles. The molecule has 1 aromatic carbocycles. The highest BCUT2D eigenvalue weighted by Crippen LogP contribution is 2.16. The molecule has 1 atom stereocenters. The molecule has 1 aromatic rings. The molecule has 0 saturated carbocycles. The van der Waals surface area contributed by atoms with E-state index < -0.39 is 0 Å². The van der Waals surface area contributed by atoms with Crippen LogP contribution in [0.15, 0.2) is 24.3 Å². The molecule has 0 saturated heterocycles. The maximum Gasteiger partial charge on any atom is 0.0807 e. The summed E-state index contributed by atoms with van der Waals surface area (Å²) in [6.07, 6.45) is -0.0544. The van der Waals surface area contributed by atoms with Gasteiger partial charge in [-0.15, -0.1) is 0 Å². The van der Waals surface area contributed by atoms with Crippen molar-refractivity contribution in [1.82, 2.24) is 5.32 Å². The van der Waals surface area contributed by atoms with Gasteiger partial charge in [-0.1, -0.05) is 38.1 Å². The molecule has 13 heavy (non-hydrogen) atoms. The Bertz CT molecular complexity index is 251. The van der Waals surface area contributed by atoms with Crippen molar-refractivity contribution in [2.45, 2.75) is 25.9 Å². The Hall–Kier alpha value is -0.860. The number of hydrogen-bond acceptors (Lipinski definition) is 2. The largest absolute Gasteiger partial charge is 0.312 e. The van der Waals surface area contributed by atoms with Crippen molar-refractivity contribution in [3.05, 3.63) is 35.4 Å². The zero-order valence-electron chi connectivity index (χ0n) is 8.54. The van der Waals surface area contributed by atoms with Gasteiger partial charge in [0.05, 0.1) is 6.17 Å². The minimum Gasteiger partial charge on any atom is -0.312 e. The lowest BCUT2D eigenvalue weighted by Gasteiger charge is -2.12. The van der Waals surface area contributed by atoms with E-state index in [1.54, 1.807) is 0 Å². The first kappa shape index (κ1) is 10.2. The molecule has 72 valence electrons. The second-order valence-corrected chi connectivity index (χ2v) is 3.59. The van der Waals surface area contributed by atoms with Gasteiger partial charge in [0.2, 0.25) is 0 Å². The van der Waals surface area contributed by atoms with Crippen LogP contribution >= 0.6 is 0 Å². The molecule has 0 spiro atoms. The normalized spacial score (nSPS) is 13.3. The maximum atomic E-state index is 5.81. The quantitative estimate of drug-likeness (QED) is 0.695. The Morgan fingerprint density at radius 2 is 1.54 bits per heavy atom. The Morgan fingerprint density at radius 1 is 1.08 bits per heavy atom. The van der Waals surface area contributed by atoms with Crippen molar-refractivity contribution in [3.8, 4) is 0 Å². The van der Waals surface area contributed by atoms with Crippen LogP contribution in [0.3, 0.4) is 0 Å². The summed E-state index contributed by atoms with van der Waals surface area (Å²) in [5.74, 6) is 0.583. The minimum atomic E-state index is -0.0544. The third-order valence-electron chi connectivity index (χ3n) is 2.27. The molecule has 2 nitrogen and oxygen atoms in total. The van der Waals surface area contributed by atoms with Crippen molar-refractivity contribution in [2.24, 2.45) is 5.73 Å². The lowest BCUT2D eigenvalue weighted by atomic mass is 10.0. The summed E-state index contributed by atoms with van der Waals surface area (Å²) in [5.41, 5.74) is 8.29. The molecule has 0 aliphatic heterocycles. The molecule has 0 bridgehead atoms. The molecule has 0 fully saturated rings. The van der Waals surface area contributed by atoms with Gasteiger partial charge in [-0.2, -0.15) is 0 Å². The van der Waals surface area contributed by atoms with Crippen LogP contribution in [0, 0.1) is 0 Å². The lowest BCUT2D eigenvalue weighted by Crippen LogP contribution is -2.24. The van der Waals surface area contributed by atoms with Crippen LogP contribution in [0.5, 0.6) is 0 Å². The van der Waals surface area contributed by atoms with Crippen LogP contribution in [0.25, 0.3) is 0 Å². The van der Waals surface area contributed by atoms with E-state index in [4.69, 9.17) is 5.73 Å². The highest BCUT2D eigenvalue weighted by molar-refractivity contribution is 5.26. The van der Waals surface area contributed by atoms with Gasteiger partial charge in [-0.05, 0) is 24.1 Å². The number of benzene rings is 1. The van der Waals surface area contributed by atoms with E-state index in [0.29, 0.717) is 5.92 Å². The van der Waals surface area contributed by atoms with Crippen LogP contribution in [-0.4, -0.2) is 7.05 Å². The van der Waals surface area contributed by atoms with E-state index >= 15 is 0 Å². The zero-order valence-corrected chi connectivity index (χ0v) is 8.54. The van der Waals surface area contributed by atoms with E-state index in [2.05, 4.69) is 43.4 Å². The fraction of sp³-hybridized carbons (Fsp3) is 0.455. The summed E-state index contributed by atoms with van der Waals surface area (Å²) in [5, 5.41) is 3.01. The SMILES string of the molecule is CNC(N)c1ccc(C(C)C)cc1. The van der Waals surface area contributed by atoms with Gasteiger partial charge in [0.25, 0.3) is 0 Å². The Morgan fingerprint density at radius 3 is 1.92 bits per heavy atom.